The lowest BCUT2D eigenvalue weighted by Crippen LogP contribution is -2.46. The molecule has 1 unspecified atom stereocenters. The maximum absolute atomic E-state index is 9.17. The molecule has 1 aliphatic carbocycles. The molecule has 1 saturated carbocycles. The SMILES string of the molecule is OCCN(CC1Cc2ccccc2O1)C1CCC1. The van der Waals surface area contributed by atoms with Crippen LogP contribution in [0.25, 0.3) is 0 Å². The first-order valence-corrected chi connectivity index (χ1v) is 6.96. The summed E-state index contributed by atoms with van der Waals surface area (Å²) in [5.41, 5.74) is 1.32. The highest BCUT2D eigenvalue weighted by Gasteiger charge is 2.30. The summed E-state index contributed by atoms with van der Waals surface area (Å²) < 4.78 is 5.98. The first-order valence-electron chi connectivity index (χ1n) is 6.96. The summed E-state index contributed by atoms with van der Waals surface area (Å²) in [4.78, 5) is 2.40. The molecule has 98 valence electrons. The first-order chi connectivity index (χ1) is 8.86. The zero-order valence-corrected chi connectivity index (χ0v) is 10.7. The average Bonchev–Trinajstić information content (AvgIpc) is 2.69. The van der Waals surface area contributed by atoms with Gasteiger partial charge in [0.05, 0.1) is 6.61 Å². The van der Waals surface area contributed by atoms with Crippen LogP contribution in [-0.4, -0.2) is 41.8 Å². The Morgan fingerprint density at radius 2 is 2.11 bits per heavy atom. The Kier molecular flexibility index (Phi) is 3.52. The largest absolute Gasteiger partial charge is 0.488 e. The van der Waals surface area contributed by atoms with E-state index >= 15 is 0 Å². The van der Waals surface area contributed by atoms with E-state index in [4.69, 9.17) is 4.74 Å². The van der Waals surface area contributed by atoms with Crippen LogP contribution in [-0.2, 0) is 6.42 Å². The normalized spacial score (nSPS) is 22.7. The van der Waals surface area contributed by atoms with Crippen LogP contribution in [0.15, 0.2) is 24.3 Å². The molecular weight excluding hydrogens is 226 g/mol. The van der Waals surface area contributed by atoms with E-state index in [1.807, 2.05) is 6.07 Å². The molecule has 1 atom stereocenters. The van der Waals surface area contributed by atoms with E-state index in [2.05, 4.69) is 23.1 Å². The van der Waals surface area contributed by atoms with Gasteiger partial charge in [-0.15, -0.1) is 0 Å². The standard InChI is InChI=1S/C15H21NO2/c17-9-8-16(13-5-3-6-13)11-14-10-12-4-1-2-7-15(12)18-14/h1-2,4,7,13-14,17H,3,5-6,8-11H2. The number of nitrogens with zero attached hydrogens (tertiary/aromatic N) is 1. The Labute approximate surface area is 108 Å². The summed E-state index contributed by atoms with van der Waals surface area (Å²) in [6.45, 7) is 1.97. The van der Waals surface area contributed by atoms with Crippen LogP contribution in [0.5, 0.6) is 5.75 Å². The van der Waals surface area contributed by atoms with Gasteiger partial charge in [-0.25, -0.2) is 0 Å². The van der Waals surface area contributed by atoms with Gasteiger partial charge in [-0.1, -0.05) is 24.6 Å². The highest BCUT2D eigenvalue weighted by atomic mass is 16.5. The molecule has 2 aliphatic rings. The van der Waals surface area contributed by atoms with E-state index in [0.717, 1.165) is 25.3 Å². The Balaban J connectivity index is 1.60. The molecule has 1 aromatic rings. The van der Waals surface area contributed by atoms with Crippen molar-refractivity contribution in [3.05, 3.63) is 29.8 Å². The number of hydrogen-bond donors (Lipinski definition) is 1. The number of aliphatic hydroxyl groups is 1. The molecule has 0 radical (unpaired) electrons. The van der Waals surface area contributed by atoms with Crippen LogP contribution in [0.2, 0.25) is 0 Å². The molecule has 0 amide bonds. The summed E-state index contributed by atoms with van der Waals surface area (Å²) in [6.07, 6.45) is 5.15. The Bertz CT molecular complexity index is 378. The van der Waals surface area contributed by atoms with Gasteiger partial charge < -0.3 is 9.84 Å². The van der Waals surface area contributed by atoms with Gasteiger partial charge in [-0.3, -0.25) is 4.90 Å². The van der Waals surface area contributed by atoms with E-state index in [0.29, 0.717) is 6.04 Å². The van der Waals surface area contributed by atoms with Crippen molar-refractivity contribution < 1.29 is 9.84 Å². The van der Waals surface area contributed by atoms with Crippen LogP contribution < -0.4 is 4.74 Å². The van der Waals surface area contributed by atoms with Crippen molar-refractivity contribution in [3.8, 4) is 5.75 Å². The third-order valence-electron chi connectivity index (χ3n) is 4.13. The zero-order valence-electron chi connectivity index (χ0n) is 10.7. The Morgan fingerprint density at radius 1 is 1.28 bits per heavy atom. The highest BCUT2D eigenvalue weighted by Crippen LogP contribution is 2.30. The molecule has 1 N–H and O–H groups in total. The molecule has 1 aliphatic heterocycles. The number of ether oxygens (including phenoxy) is 1. The van der Waals surface area contributed by atoms with Gasteiger partial charge in [-0.2, -0.15) is 0 Å². The van der Waals surface area contributed by atoms with E-state index in [1.54, 1.807) is 0 Å². The molecule has 1 heterocycles. The number of hydrogen-bond acceptors (Lipinski definition) is 3. The minimum atomic E-state index is 0.246. The van der Waals surface area contributed by atoms with Crippen LogP contribution >= 0.6 is 0 Å². The van der Waals surface area contributed by atoms with Gasteiger partial charge in [0.25, 0.3) is 0 Å². The third kappa shape index (κ3) is 2.38. The molecular formula is C15H21NO2. The summed E-state index contributed by atoms with van der Waals surface area (Å²) in [5, 5.41) is 9.17. The second kappa shape index (κ2) is 5.29. The molecule has 0 bridgehead atoms. The smallest absolute Gasteiger partial charge is 0.123 e. The number of aliphatic hydroxyl groups excluding tert-OH is 1. The predicted octanol–water partition coefficient (Wildman–Crippen LogP) is 1.84. The van der Waals surface area contributed by atoms with Gasteiger partial charge in [0, 0.05) is 25.6 Å². The average molecular weight is 247 g/mol. The van der Waals surface area contributed by atoms with Crippen molar-refractivity contribution in [1.82, 2.24) is 4.90 Å². The zero-order chi connectivity index (χ0) is 12.4. The van der Waals surface area contributed by atoms with Crippen LogP contribution in [0, 0.1) is 0 Å². The Morgan fingerprint density at radius 3 is 2.78 bits per heavy atom. The Hall–Kier alpha value is -1.06. The van der Waals surface area contributed by atoms with E-state index in [9.17, 15) is 5.11 Å². The summed E-state index contributed by atoms with van der Waals surface area (Å²) in [6, 6.07) is 8.97. The van der Waals surface area contributed by atoms with Crippen molar-refractivity contribution in [2.24, 2.45) is 0 Å². The molecule has 1 fully saturated rings. The highest BCUT2D eigenvalue weighted by molar-refractivity contribution is 5.37. The molecule has 3 heteroatoms. The molecule has 1 aromatic carbocycles. The molecule has 0 aromatic heterocycles. The monoisotopic (exact) mass is 247 g/mol. The minimum Gasteiger partial charge on any atom is -0.488 e. The second-order valence-electron chi connectivity index (χ2n) is 5.35. The number of rotatable bonds is 5. The van der Waals surface area contributed by atoms with Crippen molar-refractivity contribution >= 4 is 0 Å². The fourth-order valence-electron chi connectivity index (χ4n) is 2.92. The van der Waals surface area contributed by atoms with Crippen molar-refractivity contribution in [3.63, 3.8) is 0 Å². The van der Waals surface area contributed by atoms with E-state index in [1.165, 1.54) is 24.8 Å². The lowest BCUT2D eigenvalue weighted by molar-refractivity contribution is 0.0630. The maximum Gasteiger partial charge on any atom is 0.123 e. The topological polar surface area (TPSA) is 32.7 Å². The van der Waals surface area contributed by atoms with Gasteiger partial charge in [0.2, 0.25) is 0 Å². The molecule has 0 saturated heterocycles. The summed E-state index contributed by atoms with van der Waals surface area (Å²) >= 11 is 0. The molecule has 3 rings (SSSR count). The number of fused-ring (bicyclic) bond motifs is 1. The first kappa shape index (κ1) is 12.0. The van der Waals surface area contributed by atoms with Crippen LogP contribution in [0.3, 0.4) is 0 Å². The van der Waals surface area contributed by atoms with Crippen molar-refractivity contribution in [2.45, 2.75) is 37.8 Å². The quantitative estimate of drug-likeness (QED) is 0.861. The van der Waals surface area contributed by atoms with Crippen molar-refractivity contribution in [2.75, 3.05) is 19.7 Å². The summed E-state index contributed by atoms with van der Waals surface area (Å²) in [5.74, 6) is 1.04. The fourth-order valence-corrected chi connectivity index (χ4v) is 2.92. The molecule has 0 spiro atoms. The van der Waals surface area contributed by atoms with Gasteiger partial charge in [0.1, 0.15) is 11.9 Å². The fraction of sp³-hybridized carbons (Fsp3) is 0.600. The van der Waals surface area contributed by atoms with Crippen LogP contribution in [0.4, 0.5) is 0 Å². The van der Waals surface area contributed by atoms with Gasteiger partial charge in [0.15, 0.2) is 0 Å². The lowest BCUT2D eigenvalue weighted by atomic mass is 9.91. The van der Waals surface area contributed by atoms with E-state index < -0.39 is 0 Å². The molecule has 18 heavy (non-hydrogen) atoms. The van der Waals surface area contributed by atoms with Crippen molar-refractivity contribution in [1.29, 1.82) is 0 Å². The van der Waals surface area contributed by atoms with E-state index in [-0.39, 0.29) is 12.7 Å². The van der Waals surface area contributed by atoms with Crippen LogP contribution in [0.1, 0.15) is 24.8 Å². The van der Waals surface area contributed by atoms with Gasteiger partial charge in [-0.05, 0) is 24.5 Å². The van der Waals surface area contributed by atoms with Gasteiger partial charge >= 0.3 is 0 Å². The third-order valence-corrected chi connectivity index (χ3v) is 4.13. The summed E-state index contributed by atoms with van der Waals surface area (Å²) in [7, 11) is 0. The predicted molar refractivity (Wildman–Crippen MR) is 70.9 cm³/mol. The second-order valence-corrected chi connectivity index (χ2v) is 5.35. The molecule has 3 nitrogen and oxygen atoms in total. The number of benzene rings is 1. The minimum absolute atomic E-state index is 0.246. The maximum atomic E-state index is 9.17. The lowest BCUT2D eigenvalue weighted by Gasteiger charge is -2.38. The number of para-hydroxylation sites is 1.